The maximum atomic E-state index is 12.7. The van der Waals surface area contributed by atoms with E-state index in [-0.39, 0.29) is 23.6 Å². The largest absolute Gasteiger partial charge is 0.383 e. The van der Waals surface area contributed by atoms with E-state index in [1.165, 1.54) is 7.11 Å². The number of ether oxygens (including phenoxy) is 1. The molecule has 10 heteroatoms. The van der Waals surface area contributed by atoms with E-state index in [9.17, 15) is 9.59 Å². The van der Waals surface area contributed by atoms with Crippen molar-refractivity contribution < 1.29 is 14.3 Å². The number of imidazole rings is 1. The smallest absolute Gasteiger partial charge is 0.274 e. The molecule has 0 aliphatic rings. The lowest BCUT2D eigenvalue weighted by atomic mass is 10.1. The quantitative estimate of drug-likeness (QED) is 0.334. The van der Waals surface area contributed by atoms with E-state index >= 15 is 0 Å². The Bertz CT molecular complexity index is 1180. The highest BCUT2D eigenvalue weighted by atomic mass is 16.5. The van der Waals surface area contributed by atoms with Gasteiger partial charge in [0.15, 0.2) is 17.2 Å². The molecular weight excluding hydrogens is 386 g/mol. The van der Waals surface area contributed by atoms with Gasteiger partial charge in [-0.1, -0.05) is 30.3 Å². The van der Waals surface area contributed by atoms with E-state index in [4.69, 9.17) is 4.74 Å². The van der Waals surface area contributed by atoms with Gasteiger partial charge in [0, 0.05) is 31.6 Å². The maximum Gasteiger partial charge on any atom is 0.274 e. The molecule has 0 unspecified atom stereocenters. The first kappa shape index (κ1) is 19.4. The maximum absolute atomic E-state index is 12.7. The van der Waals surface area contributed by atoms with Crippen LogP contribution in [0.25, 0.3) is 17.0 Å². The molecule has 0 aliphatic heterocycles. The minimum Gasteiger partial charge on any atom is -0.383 e. The number of aromatic amines is 1. The van der Waals surface area contributed by atoms with Gasteiger partial charge in [-0.25, -0.2) is 9.97 Å². The summed E-state index contributed by atoms with van der Waals surface area (Å²) in [6.45, 7) is 0.657. The summed E-state index contributed by atoms with van der Waals surface area (Å²) < 4.78 is 6.68. The van der Waals surface area contributed by atoms with E-state index in [0.29, 0.717) is 24.6 Å². The van der Waals surface area contributed by atoms with Crippen molar-refractivity contribution in [1.82, 2.24) is 35.1 Å². The number of carbonyl (C=O) groups excluding carboxylic acids is 2. The van der Waals surface area contributed by atoms with Crippen LogP contribution >= 0.6 is 0 Å². The Kier molecular flexibility index (Phi) is 5.57. The Balaban J connectivity index is 1.51. The van der Waals surface area contributed by atoms with Crippen LogP contribution in [0.4, 0.5) is 0 Å². The Labute approximate surface area is 171 Å². The van der Waals surface area contributed by atoms with Crippen molar-refractivity contribution in [1.29, 1.82) is 0 Å². The van der Waals surface area contributed by atoms with E-state index in [1.54, 1.807) is 16.7 Å². The number of nitrogens with zero attached hydrogens (tertiary/aromatic N) is 5. The summed E-state index contributed by atoms with van der Waals surface area (Å²) in [5, 5.41) is 12.6. The van der Waals surface area contributed by atoms with E-state index < -0.39 is 5.91 Å². The van der Waals surface area contributed by atoms with Crippen molar-refractivity contribution in [3.05, 3.63) is 65.9 Å². The molecule has 0 saturated heterocycles. The van der Waals surface area contributed by atoms with Crippen molar-refractivity contribution in [3.63, 3.8) is 0 Å². The Morgan fingerprint density at radius 3 is 2.70 bits per heavy atom. The minimum absolute atomic E-state index is 0.0279. The monoisotopic (exact) mass is 405 g/mol. The van der Waals surface area contributed by atoms with Crippen LogP contribution in [-0.4, -0.2) is 61.7 Å². The molecule has 0 atom stereocenters. The number of fused-ring (bicyclic) bond motifs is 1. The van der Waals surface area contributed by atoms with Crippen molar-refractivity contribution in [2.24, 2.45) is 0 Å². The third-order valence-electron chi connectivity index (χ3n) is 4.41. The van der Waals surface area contributed by atoms with Gasteiger partial charge in [0.05, 0.1) is 24.4 Å². The highest BCUT2D eigenvalue weighted by Crippen LogP contribution is 2.18. The molecule has 2 N–H and O–H groups in total. The zero-order valence-corrected chi connectivity index (χ0v) is 16.2. The summed E-state index contributed by atoms with van der Waals surface area (Å²) in [4.78, 5) is 33.9. The second-order valence-electron chi connectivity index (χ2n) is 6.49. The van der Waals surface area contributed by atoms with E-state index in [2.05, 4.69) is 30.7 Å². The van der Waals surface area contributed by atoms with Gasteiger partial charge in [-0.2, -0.15) is 15.4 Å². The third kappa shape index (κ3) is 4.08. The second kappa shape index (κ2) is 8.62. The van der Waals surface area contributed by atoms with Crippen LogP contribution in [-0.2, 0) is 11.2 Å². The number of amides is 1. The number of hydrogen-bond donors (Lipinski definition) is 2. The number of H-pyrrole nitrogens is 1. The average molecular weight is 405 g/mol. The van der Waals surface area contributed by atoms with Gasteiger partial charge >= 0.3 is 0 Å². The van der Waals surface area contributed by atoms with E-state index in [1.807, 2.05) is 36.5 Å². The fourth-order valence-electron chi connectivity index (χ4n) is 2.94. The fraction of sp³-hybridized carbons (Fsp3) is 0.200. The average Bonchev–Trinajstić information content (AvgIpc) is 3.41. The topological polar surface area (TPSA) is 127 Å². The number of benzene rings is 1. The SMILES string of the molecule is COCCNC(=O)c1n[nH]nc1C(=O)Cc1ccn2cc(-c3ccccc3)nc2n1. The summed E-state index contributed by atoms with van der Waals surface area (Å²) in [5.41, 5.74) is 2.21. The summed E-state index contributed by atoms with van der Waals surface area (Å²) >= 11 is 0. The van der Waals surface area contributed by atoms with Crippen LogP contribution in [0.2, 0.25) is 0 Å². The van der Waals surface area contributed by atoms with Crippen LogP contribution in [0.15, 0.2) is 48.8 Å². The Hall–Kier alpha value is -3.92. The van der Waals surface area contributed by atoms with Crippen LogP contribution in [0, 0.1) is 0 Å². The van der Waals surface area contributed by atoms with Gasteiger partial charge in [0.25, 0.3) is 5.91 Å². The molecule has 30 heavy (non-hydrogen) atoms. The molecule has 0 fully saturated rings. The standard InChI is InChI=1S/C20H19N7O3/c1-30-10-8-21-19(29)18-17(24-26-25-18)16(28)11-14-7-9-27-12-15(23-20(27)22-14)13-5-3-2-4-6-13/h2-7,9,12H,8,10-11H2,1H3,(H,21,29)(H,24,25,26). The molecule has 3 aromatic heterocycles. The lowest BCUT2D eigenvalue weighted by Crippen LogP contribution is -2.29. The Morgan fingerprint density at radius 1 is 1.10 bits per heavy atom. The molecular formula is C20H19N7O3. The van der Waals surface area contributed by atoms with Crippen molar-refractivity contribution >= 4 is 17.5 Å². The predicted octanol–water partition coefficient (Wildman–Crippen LogP) is 1.32. The second-order valence-corrected chi connectivity index (χ2v) is 6.49. The van der Waals surface area contributed by atoms with Crippen LogP contribution < -0.4 is 5.32 Å². The molecule has 4 rings (SSSR count). The molecule has 3 heterocycles. The highest BCUT2D eigenvalue weighted by Gasteiger charge is 2.22. The first-order chi connectivity index (χ1) is 14.7. The molecule has 1 aromatic carbocycles. The lowest BCUT2D eigenvalue weighted by molar-refractivity contribution is 0.0916. The lowest BCUT2D eigenvalue weighted by Gasteiger charge is -2.03. The molecule has 4 aromatic rings. The number of rotatable bonds is 8. The summed E-state index contributed by atoms with van der Waals surface area (Å²) in [7, 11) is 1.53. The van der Waals surface area contributed by atoms with Crippen molar-refractivity contribution in [3.8, 4) is 11.3 Å². The van der Waals surface area contributed by atoms with E-state index in [0.717, 1.165) is 11.3 Å². The van der Waals surface area contributed by atoms with Gasteiger partial charge in [-0.3, -0.25) is 14.0 Å². The summed E-state index contributed by atoms with van der Waals surface area (Å²) in [6, 6.07) is 11.5. The number of aromatic nitrogens is 6. The number of carbonyl (C=O) groups is 2. The predicted molar refractivity (Wildman–Crippen MR) is 107 cm³/mol. The number of methoxy groups -OCH3 is 1. The van der Waals surface area contributed by atoms with Gasteiger partial charge < -0.3 is 10.1 Å². The fourth-order valence-corrected chi connectivity index (χ4v) is 2.94. The van der Waals surface area contributed by atoms with Gasteiger partial charge in [-0.15, -0.1) is 0 Å². The molecule has 10 nitrogen and oxygen atoms in total. The number of Topliss-reactive ketones (excluding diaryl/α,β-unsaturated/α-hetero) is 1. The Morgan fingerprint density at radius 2 is 1.90 bits per heavy atom. The summed E-state index contributed by atoms with van der Waals surface area (Å²) in [5.74, 6) is -0.377. The zero-order chi connectivity index (χ0) is 20.9. The van der Waals surface area contributed by atoms with Crippen molar-refractivity contribution in [2.75, 3.05) is 20.3 Å². The van der Waals surface area contributed by atoms with Gasteiger partial charge in [0.2, 0.25) is 5.78 Å². The normalized spacial score (nSPS) is 11.0. The molecule has 1 amide bonds. The van der Waals surface area contributed by atoms with Crippen molar-refractivity contribution in [2.45, 2.75) is 6.42 Å². The van der Waals surface area contributed by atoms with Gasteiger partial charge in [0.1, 0.15) is 0 Å². The van der Waals surface area contributed by atoms with Crippen LogP contribution in [0.3, 0.4) is 0 Å². The summed E-state index contributed by atoms with van der Waals surface area (Å²) in [6.07, 6.45) is 3.64. The third-order valence-corrected chi connectivity index (χ3v) is 4.41. The molecule has 0 saturated carbocycles. The molecule has 0 spiro atoms. The zero-order valence-electron chi connectivity index (χ0n) is 16.2. The first-order valence-electron chi connectivity index (χ1n) is 9.27. The number of nitrogens with one attached hydrogen (secondary N) is 2. The van der Waals surface area contributed by atoms with Gasteiger partial charge in [-0.05, 0) is 6.07 Å². The van der Waals surface area contributed by atoms with Crippen LogP contribution in [0.5, 0.6) is 0 Å². The molecule has 0 aliphatic carbocycles. The number of hydrogen-bond acceptors (Lipinski definition) is 7. The first-order valence-corrected chi connectivity index (χ1v) is 9.27. The molecule has 152 valence electrons. The minimum atomic E-state index is -0.492. The highest BCUT2D eigenvalue weighted by molar-refractivity contribution is 6.06. The number of ketones is 1. The molecule has 0 radical (unpaired) electrons. The molecule has 0 bridgehead atoms. The van der Waals surface area contributed by atoms with Crippen LogP contribution in [0.1, 0.15) is 26.7 Å².